The third kappa shape index (κ3) is 2.80. The number of hydrogen-bond acceptors (Lipinski definition) is 3. The molecule has 1 saturated carbocycles. The average Bonchev–Trinajstić information content (AvgIpc) is 3.49. The number of aromatic nitrogens is 2. The van der Waals surface area contributed by atoms with E-state index >= 15 is 0 Å². The Morgan fingerprint density at radius 2 is 1.72 bits per heavy atom. The average molecular weight is 430 g/mol. The standard InChI is InChI=1S/C25H23FN4O2/c1-15-21-22(16-11-12-16)29(25(32)23(21)30(27-15)17-7-3-2-4-8-17)18-13-28(14-18)24(31)19-9-5-6-10-20(19)26/h2-10,16,18,22H,11-14H2,1H3. The van der Waals surface area contributed by atoms with Crippen molar-refractivity contribution in [3.63, 3.8) is 0 Å². The van der Waals surface area contributed by atoms with Crippen molar-refractivity contribution in [3.8, 4) is 5.69 Å². The highest BCUT2D eigenvalue weighted by Gasteiger charge is 2.53. The normalized spacial score (nSPS) is 20.4. The van der Waals surface area contributed by atoms with Gasteiger partial charge in [-0.25, -0.2) is 9.07 Å². The summed E-state index contributed by atoms with van der Waals surface area (Å²) in [5, 5.41) is 4.71. The van der Waals surface area contributed by atoms with E-state index in [0.717, 1.165) is 29.8 Å². The van der Waals surface area contributed by atoms with Crippen molar-refractivity contribution >= 4 is 11.8 Å². The van der Waals surface area contributed by atoms with Gasteiger partial charge >= 0.3 is 0 Å². The highest BCUT2D eigenvalue weighted by molar-refractivity contribution is 6.00. The lowest BCUT2D eigenvalue weighted by atomic mass is 9.99. The van der Waals surface area contributed by atoms with Gasteiger partial charge in [0.2, 0.25) is 0 Å². The van der Waals surface area contributed by atoms with Gasteiger partial charge in [0, 0.05) is 18.7 Å². The van der Waals surface area contributed by atoms with E-state index in [9.17, 15) is 14.0 Å². The van der Waals surface area contributed by atoms with Crippen LogP contribution in [-0.2, 0) is 0 Å². The summed E-state index contributed by atoms with van der Waals surface area (Å²) in [4.78, 5) is 30.0. The van der Waals surface area contributed by atoms with Crippen LogP contribution in [-0.4, -0.2) is 50.5 Å². The Morgan fingerprint density at radius 1 is 1.03 bits per heavy atom. The number of fused-ring (bicyclic) bond motifs is 1. The number of likely N-dealkylation sites (tertiary alicyclic amines) is 1. The second kappa shape index (κ2) is 7.02. The van der Waals surface area contributed by atoms with Gasteiger partial charge in [0.25, 0.3) is 11.8 Å². The van der Waals surface area contributed by atoms with Crippen LogP contribution in [0.1, 0.15) is 51.0 Å². The molecule has 1 aliphatic carbocycles. The van der Waals surface area contributed by atoms with E-state index in [4.69, 9.17) is 5.10 Å². The first-order valence-electron chi connectivity index (χ1n) is 11.1. The topological polar surface area (TPSA) is 58.4 Å². The molecule has 1 saturated heterocycles. The van der Waals surface area contributed by atoms with Crippen molar-refractivity contribution in [1.82, 2.24) is 19.6 Å². The lowest BCUT2D eigenvalue weighted by molar-refractivity contribution is 0.0113. The molecule has 0 radical (unpaired) electrons. The van der Waals surface area contributed by atoms with Crippen molar-refractivity contribution in [3.05, 3.63) is 82.9 Å². The van der Waals surface area contributed by atoms with Crippen LogP contribution in [0, 0.1) is 18.7 Å². The molecular weight excluding hydrogens is 407 g/mol. The molecule has 2 aromatic carbocycles. The quantitative estimate of drug-likeness (QED) is 0.634. The fraction of sp³-hybridized carbons (Fsp3) is 0.320. The minimum atomic E-state index is -0.514. The van der Waals surface area contributed by atoms with Gasteiger partial charge in [-0.3, -0.25) is 9.59 Å². The first kappa shape index (κ1) is 19.2. The van der Waals surface area contributed by atoms with Crippen LogP contribution in [0.25, 0.3) is 5.69 Å². The molecule has 1 aromatic heterocycles. The van der Waals surface area contributed by atoms with Gasteiger partial charge in [-0.15, -0.1) is 0 Å². The van der Waals surface area contributed by atoms with E-state index < -0.39 is 5.82 Å². The van der Waals surface area contributed by atoms with Gasteiger partial charge in [-0.05, 0) is 49.9 Å². The van der Waals surface area contributed by atoms with Crippen LogP contribution in [0.3, 0.4) is 0 Å². The number of para-hydroxylation sites is 1. The zero-order chi connectivity index (χ0) is 22.0. The minimum Gasteiger partial charge on any atom is -0.334 e. The number of carbonyl (C=O) groups is 2. The third-order valence-electron chi connectivity index (χ3n) is 6.86. The predicted molar refractivity (Wildman–Crippen MR) is 116 cm³/mol. The molecule has 1 unspecified atom stereocenters. The van der Waals surface area contributed by atoms with Crippen molar-refractivity contribution in [1.29, 1.82) is 0 Å². The molecule has 3 heterocycles. The summed E-state index contributed by atoms with van der Waals surface area (Å²) in [5.41, 5.74) is 3.50. The first-order chi connectivity index (χ1) is 15.5. The van der Waals surface area contributed by atoms with E-state index in [1.165, 1.54) is 12.1 Å². The van der Waals surface area contributed by atoms with E-state index in [-0.39, 0.29) is 29.5 Å². The summed E-state index contributed by atoms with van der Waals surface area (Å²) in [6.07, 6.45) is 2.18. The Bertz CT molecular complexity index is 1230. The van der Waals surface area contributed by atoms with Gasteiger partial charge < -0.3 is 9.80 Å². The molecule has 3 aliphatic rings. The Labute approximate surface area is 185 Å². The highest BCUT2D eigenvalue weighted by Crippen LogP contribution is 2.52. The number of hydrogen-bond donors (Lipinski definition) is 0. The van der Waals surface area contributed by atoms with Crippen molar-refractivity contribution in [2.75, 3.05) is 13.1 Å². The SMILES string of the molecule is Cc1nn(-c2ccccc2)c2c1C(C1CC1)N(C1CN(C(=O)c3ccccc3F)C1)C2=O. The summed E-state index contributed by atoms with van der Waals surface area (Å²) in [7, 11) is 0. The number of carbonyl (C=O) groups excluding carboxylic acids is 2. The maximum Gasteiger partial charge on any atom is 0.273 e. The molecule has 6 rings (SSSR count). The van der Waals surface area contributed by atoms with Crippen molar-refractivity contribution in [2.24, 2.45) is 5.92 Å². The number of benzene rings is 2. The smallest absolute Gasteiger partial charge is 0.273 e. The second-order valence-electron chi connectivity index (χ2n) is 8.93. The fourth-order valence-corrected chi connectivity index (χ4v) is 5.11. The van der Waals surface area contributed by atoms with Crippen LogP contribution in [0.5, 0.6) is 0 Å². The van der Waals surface area contributed by atoms with Gasteiger partial charge in [-0.1, -0.05) is 30.3 Å². The van der Waals surface area contributed by atoms with Gasteiger partial charge in [-0.2, -0.15) is 5.10 Å². The first-order valence-corrected chi connectivity index (χ1v) is 11.1. The Hall–Kier alpha value is -3.48. The summed E-state index contributed by atoms with van der Waals surface area (Å²) >= 11 is 0. The van der Waals surface area contributed by atoms with Crippen LogP contribution in [0.4, 0.5) is 4.39 Å². The molecule has 0 N–H and O–H groups in total. The molecule has 2 amide bonds. The molecule has 0 spiro atoms. The zero-order valence-corrected chi connectivity index (χ0v) is 17.7. The summed E-state index contributed by atoms with van der Waals surface area (Å²) < 4.78 is 15.8. The maximum absolute atomic E-state index is 14.1. The molecule has 32 heavy (non-hydrogen) atoms. The molecule has 7 heteroatoms. The maximum atomic E-state index is 14.1. The number of nitrogens with zero attached hydrogens (tertiary/aromatic N) is 4. The van der Waals surface area contributed by atoms with Crippen LogP contribution < -0.4 is 0 Å². The lowest BCUT2D eigenvalue weighted by Crippen LogP contribution is -2.62. The summed E-state index contributed by atoms with van der Waals surface area (Å²) in [5.74, 6) is -0.425. The van der Waals surface area contributed by atoms with E-state index in [2.05, 4.69) is 0 Å². The highest BCUT2D eigenvalue weighted by atomic mass is 19.1. The Morgan fingerprint density at radius 3 is 2.41 bits per heavy atom. The fourth-order valence-electron chi connectivity index (χ4n) is 5.11. The molecule has 0 bridgehead atoms. The molecule has 3 aromatic rings. The predicted octanol–water partition coefficient (Wildman–Crippen LogP) is 3.75. The van der Waals surface area contributed by atoms with Crippen LogP contribution in [0.2, 0.25) is 0 Å². The molecule has 1 atom stereocenters. The third-order valence-corrected chi connectivity index (χ3v) is 6.86. The van der Waals surface area contributed by atoms with E-state index in [1.54, 1.807) is 21.7 Å². The van der Waals surface area contributed by atoms with Crippen molar-refractivity contribution in [2.45, 2.75) is 31.8 Å². The van der Waals surface area contributed by atoms with Crippen LogP contribution >= 0.6 is 0 Å². The number of halogens is 1. The van der Waals surface area contributed by atoms with Gasteiger partial charge in [0.05, 0.1) is 29.0 Å². The van der Waals surface area contributed by atoms with Crippen molar-refractivity contribution < 1.29 is 14.0 Å². The monoisotopic (exact) mass is 430 g/mol. The van der Waals surface area contributed by atoms with E-state index in [0.29, 0.717) is 24.7 Å². The molecule has 162 valence electrons. The van der Waals surface area contributed by atoms with Gasteiger partial charge in [0.15, 0.2) is 0 Å². The molecule has 2 aliphatic heterocycles. The lowest BCUT2D eigenvalue weighted by Gasteiger charge is -2.46. The Balaban J connectivity index is 1.30. The Kier molecular flexibility index (Phi) is 4.22. The van der Waals surface area contributed by atoms with E-state index in [1.807, 2.05) is 42.2 Å². The largest absolute Gasteiger partial charge is 0.334 e. The molecule has 6 nitrogen and oxygen atoms in total. The number of rotatable bonds is 4. The minimum absolute atomic E-state index is 0.00526. The summed E-state index contributed by atoms with van der Waals surface area (Å²) in [6, 6.07) is 15.7. The molecule has 2 fully saturated rings. The van der Waals surface area contributed by atoms with Gasteiger partial charge in [0.1, 0.15) is 11.5 Å². The molecular formula is C25H23FN4O2. The van der Waals surface area contributed by atoms with Crippen LogP contribution in [0.15, 0.2) is 54.6 Å². The zero-order valence-electron chi connectivity index (χ0n) is 17.7. The summed E-state index contributed by atoms with van der Waals surface area (Å²) in [6.45, 7) is 2.81. The second-order valence-corrected chi connectivity index (χ2v) is 8.93. The number of amides is 2. The number of aryl methyl sites for hydroxylation is 1.